The number of rotatable bonds is 3. The highest BCUT2D eigenvalue weighted by molar-refractivity contribution is 5.71. The summed E-state index contributed by atoms with van der Waals surface area (Å²) in [6.07, 6.45) is 0.319. The zero-order chi connectivity index (χ0) is 7.28. The van der Waals surface area contributed by atoms with Gasteiger partial charge in [-0.25, -0.2) is 4.79 Å². The van der Waals surface area contributed by atoms with Crippen molar-refractivity contribution in [1.82, 2.24) is 0 Å². The van der Waals surface area contributed by atoms with Crippen LogP contribution in [0.2, 0.25) is 0 Å². The standard InChI is InChI=1S/C5H10O4/c1-4(2-3-6)5(7)9-8/h4,6,8H,2-3H2,1H3. The second kappa shape index (κ2) is 4.29. The molecule has 0 aromatic rings. The number of hydrogen-bond acceptors (Lipinski definition) is 4. The van der Waals surface area contributed by atoms with E-state index in [1.807, 2.05) is 0 Å². The maximum absolute atomic E-state index is 10.3. The normalized spacial score (nSPS) is 12.8. The molecular formula is C5H10O4. The first kappa shape index (κ1) is 8.39. The largest absolute Gasteiger partial charge is 0.396 e. The van der Waals surface area contributed by atoms with Gasteiger partial charge >= 0.3 is 5.97 Å². The molecule has 0 aliphatic carbocycles. The van der Waals surface area contributed by atoms with Crippen LogP contribution in [0, 0.1) is 5.92 Å². The summed E-state index contributed by atoms with van der Waals surface area (Å²) in [6, 6.07) is 0. The molecule has 0 bridgehead atoms. The lowest BCUT2D eigenvalue weighted by molar-refractivity contribution is -0.238. The third kappa shape index (κ3) is 3.05. The van der Waals surface area contributed by atoms with Crippen molar-refractivity contribution in [3.05, 3.63) is 0 Å². The summed E-state index contributed by atoms with van der Waals surface area (Å²) in [5.41, 5.74) is 0. The fourth-order valence-electron chi connectivity index (χ4n) is 0.401. The second-order valence-electron chi connectivity index (χ2n) is 1.82. The first-order valence-corrected chi connectivity index (χ1v) is 2.68. The van der Waals surface area contributed by atoms with Crippen LogP contribution in [0.15, 0.2) is 0 Å². The first-order chi connectivity index (χ1) is 4.22. The van der Waals surface area contributed by atoms with Gasteiger partial charge in [0, 0.05) is 6.61 Å². The lowest BCUT2D eigenvalue weighted by Gasteiger charge is -2.02. The minimum atomic E-state index is -0.705. The predicted octanol–water partition coefficient (Wildman–Crippen LogP) is 0.0211. The van der Waals surface area contributed by atoms with E-state index in [4.69, 9.17) is 10.4 Å². The van der Waals surface area contributed by atoms with Crippen molar-refractivity contribution >= 4 is 5.97 Å². The van der Waals surface area contributed by atoms with E-state index in [-0.39, 0.29) is 6.61 Å². The fourth-order valence-corrected chi connectivity index (χ4v) is 0.401. The summed E-state index contributed by atoms with van der Waals surface area (Å²) < 4.78 is 0. The maximum atomic E-state index is 10.3. The molecule has 0 fully saturated rings. The van der Waals surface area contributed by atoms with E-state index in [9.17, 15) is 4.79 Å². The van der Waals surface area contributed by atoms with Gasteiger partial charge in [-0.05, 0) is 6.42 Å². The van der Waals surface area contributed by atoms with Gasteiger partial charge in [-0.3, -0.25) is 0 Å². The molecule has 0 saturated carbocycles. The van der Waals surface area contributed by atoms with Crippen LogP contribution < -0.4 is 0 Å². The van der Waals surface area contributed by atoms with Crippen molar-refractivity contribution in [2.75, 3.05) is 6.61 Å². The number of aliphatic hydroxyl groups excluding tert-OH is 1. The van der Waals surface area contributed by atoms with Crippen LogP contribution in [0.1, 0.15) is 13.3 Å². The highest BCUT2D eigenvalue weighted by atomic mass is 17.1. The molecule has 9 heavy (non-hydrogen) atoms. The summed E-state index contributed by atoms with van der Waals surface area (Å²) >= 11 is 0. The number of aliphatic hydroxyl groups is 1. The van der Waals surface area contributed by atoms with Crippen molar-refractivity contribution in [2.45, 2.75) is 13.3 Å². The molecule has 54 valence electrons. The molecule has 1 atom stereocenters. The Balaban J connectivity index is 3.45. The Labute approximate surface area is 53.0 Å². The van der Waals surface area contributed by atoms with Crippen LogP contribution in [0.25, 0.3) is 0 Å². The molecular weight excluding hydrogens is 124 g/mol. The van der Waals surface area contributed by atoms with Crippen LogP contribution in [-0.4, -0.2) is 22.9 Å². The average Bonchev–Trinajstić information content (AvgIpc) is 1.87. The fraction of sp³-hybridized carbons (Fsp3) is 0.800. The van der Waals surface area contributed by atoms with Gasteiger partial charge in [0.05, 0.1) is 5.92 Å². The van der Waals surface area contributed by atoms with E-state index in [1.54, 1.807) is 6.92 Å². The number of hydrogen-bond donors (Lipinski definition) is 2. The zero-order valence-corrected chi connectivity index (χ0v) is 5.20. The Bertz CT molecular complexity index is 91.0. The summed E-state index contributed by atoms with van der Waals surface area (Å²) in [4.78, 5) is 13.7. The molecule has 0 aromatic carbocycles. The lowest BCUT2D eigenvalue weighted by atomic mass is 10.1. The summed E-state index contributed by atoms with van der Waals surface area (Å²) in [7, 11) is 0. The molecule has 0 aromatic heterocycles. The highest BCUT2D eigenvalue weighted by Gasteiger charge is 2.12. The Morgan fingerprint density at radius 3 is 2.67 bits per heavy atom. The topological polar surface area (TPSA) is 66.8 Å². The first-order valence-electron chi connectivity index (χ1n) is 2.68. The number of carbonyl (C=O) groups excluding carboxylic acids is 1. The predicted molar refractivity (Wildman–Crippen MR) is 29.6 cm³/mol. The van der Waals surface area contributed by atoms with Crippen LogP contribution in [-0.2, 0) is 9.68 Å². The lowest BCUT2D eigenvalue weighted by Crippen LogP contribution is -2.13. The van der Waals surface area contributed by atoms with E-state index in [0.717, 1.165) is 0 Å². The maximum Gasteiger partial charge on any atom is 0.344 e. The Morgan fingerprint density at radius 2 is 2.33 bits per heavy atom. The average molecular weight is 134 g/mol. The highest BCUT2D eigenvalue weighted by Crippen LogP contribution is 2.01. The van der Waals surface area contributed by atoms with Crippen molar-refractivity contribution in [3.8, 4) is 0 Å². The van der Waals surface area contributed by atoms with Gasteiger partial charge in [0.25, 0.3) is 0 Å². The van der Waals surface area contributed by atoms with E-state index in [0.29, 0.717) is 6.42 Å². The van der Waals surface area contributed by atoms with Crippen LogP contribution in [0.4, 0.5) is 0 Å². The van der Waals surface area contributed by atoms with Gasteiger partial charge in [0.1, 0.15) is 0 Å². The van der Waals surface area contributed by atoms with Crippen LogP contribution >= 0.6 is 0 Å². The third-order valence-corrected chi connectivity index (χ3v) is 1.05. The molecule has 0 aliphatic heterocycles. The van der Waals surface area contributed by atoms with Crippen LogP contribution in [0.3, 0.4) is 0 Å². The Hall–Kier alpha value is -0.610. The van der Waals surface area contributed by atoms with Gasteiger partial charge < -0.3 is 9.99 Å². The van der Waals surface area contributed by atoms with E-state index in [2.05, 4.69) is 4.89 Å². The van der Waals surface area contributed by atoms with Crippen molar-refractivity contribution < 1.29 is 20.0 Å². The monoisotopic (exact) mass is 134 g/mol. The molecule has 0 rings (SSSR count). The molecule has 0 spiro atoms. The van der Waals surface area contributed by atoms with Gasteiger partial charge in [-0.1, -0.05) is 6.92 Å². The SMILES string of the molecule is CC(CCO)C(=O)OO. The van der Waals surface area contributed by atoms with Gasteiger partial charge in [-0.15, -0.1) is 0 Å². The second-order valence-corrected chi connectivity index (χ2v) is 1.82. The molecule has 1 unspecified atom stereocenters. The minimum absolute atomic E-state index is 0.0731. The minimum Gasteiger partial charge on any atom is -0.396 e. The van der Waals surface area contributed by atoms with Crippen molar-refractivity contribution in [1.29, 1.82) is 0 Å². The zero-order valence-electron chi connectivity index (χ0n) is 5.20. The Morgan fingerprint density at radius 1 is 1.78 bits per heavy atom. The van der Waals surface area contributed by atoms with Crippen LogP contribution in [0.5, 0.6) is 0 Å². The summed E-state index contributed by atoms with van der Waals surface area (Å²) in [5, 5.41) is 16.1. The van der Waals surface area contributed by atoms with Gasteiger partial charge in [0.15, 0.2) is 0 Å². The molecule has 4 nitrogen and oxygen atoms in total. The van der Waals surface area contributed by atoms with E-state index >= 15 is 0 Å². The molecule has 2 N–H and O–H groups in total. The molecule has 0 heterocycles. The molecule has 4 heteroatoms. The quantitative estimate of drug-likeness (QED) is 0.422. The van der Waals surface area contributed by atoms with Crippen molar-refractivity contribution in [2.24, 2.45) is 5.92 Å². The smallest absolute Gasteiger partial charge is 0.344 e. The molecule has 0 radical (unpaired) electrons. The molecule has 0 saturated heterocycles. The van der Waals surface area contributed by atoms with Gasteiger partial charge in [0.2, 0.25) is 0 Å². The number of carbonyl (C=O) groups is 1. The third-order valence-electron chi connectivity index (χ3n) is 1.05. The van der Waals surface area contributed by atoms with Crippen molar-refractivity contribution in [3.63, 3.8) is 0 Å². The Kier molecular flexibility index (Phi) is 4.00. The molecule has 0 amide bonds. The summed E-state index contributed by atoms with van der Waals surface area (Å²) in [5.74, 6) is -1.14. The van der Waals surface area contributed by atoms with E-state index in [1.165, 1.54) is 0 Å². The summed E-state index contributed by atoms with van der Waals surface area (Å²) in [6.45, 7) is 1.49. The molecule has 0 aliphatic rings. The van der Waals surface area contributed by atoms with Gasteiger partial charge in [-0.2, -0.15) is 5.26 Å². The van der Waals surface area contributed by atoms with E-state index < -0.39 is 11.9 Å².